The molecule has 2 atom stereocenters. The number of nitrogens with one attached hydrogen (secondary N) is 1. The highest BCUT2D eigenvalue weighted by atomic mass is 16.6. The number of amides is 2. The minimum atomic E-state index is -0.491. The average molecular weight is 431 g/mol. The number of piperazine rings is 1. The zero-order chi connectivity index (χ0) is 22.6. The van der Waals surface area contributed by atoms with E-state index in [1.54, 1.807) is 0 Å². The molecule has 2 saturated heterocycles. The molecule has 2 aliphatic heterocycles. The maximum absolute atomic E-state index is 12.9. The van der Waals surface area contributed by atoms with Crippen molar-refractivity contribution in [2.45, 2.75) is 52.7 Å². The van der Waals surface area contributed by atoms with Crippen molar-refractivity contribution in [1.82, 2.24) is 15.1 Å². The van der Waals surface area contributed by atoms with Crippen LogP contribution in [0, 0.1) is 12.8 Å². The van der Waals surface area contributed by atoms with Crippen LogP contribution < -0.4 is 10.2 Å². The Bertz CT molecular complexity index is 768. The summed E-state index contributed by atoms with van der Waals surface area (Å²) in [4.78, 5) is 31.4. The van der Waals surface area contributed by atoms with Crippen molar-refractivity contribution in [3.63, 3.8) is 0 Å². The Morgan fingerprint density at radius 2 is 1.87 bits per heavy atom. The van der Waals surface area contributed by atoms with Crippen LogP contribution in [0.15, 0.2) is 24.3 Å². The van der Waals surface area contributed by atoms with Gasteiger partial charge in [-0.25, -0.2) is 4.79 Å². The van der Waals surface area contributed by atoms with Crippen molar-refractivity contribution >= 4 is 17.7 Å². The fourth-order valence-electron chi connectivity index (χ4n) is 4.44. The third-order valence-corrected chi connectivity index (χ3v) is 6.06. The number of ether oxygens (including phenoxy) is 1. The fourth-order valence-corrected chi connectivity index (χ4v) is 4.44. The smallest absolute Gasteiger partial charge is 0.407 e. The molecule has 1 N–H and O–H groups in total. The molecule has 3 rings (SSSR count). The summed E-state index contributed by atoms with van der Waals surface area (Å²) in [6.45, 7) is 15.0. The van der Waals surface area contributed by atoms with Crippen LogP contribution in [-0.4, -0.2) is 79.3 Å². The van der Waals surface area contributed by atoms with Crippen LogP contribution in [0.2, 0.25) is 0 Å². The lowest BCUT2D eigenvalue weighted by Crippen LogP contribution is -2.51. The van der Waals surface area contributed by atoms with Crippen molar-refractivity contribution in [2.75, 3.05) is 50.7 Å². The lowest BCUT2D eigenvalue weighted by atomic mass is 10.1. The molecule has 2 aliphatic rings. The van der Waals surface area contributed by atoms with Gasteiger partial charge in [0.15, 0.2) is 0 Å². The standard InChI is InChI=1S/C24H38N4O3/c1-18-7-6-8-21(13-18)26-9-11-27(12-10-26)22(29)17-28-16-20(14-19(28)2)15-25-23(30)31-24(3,4)5/h6-8,13,19-20H,9-12,14-17H2,1-5H3,(H,25,30)/t19-,20-/m0/s1. The van der Waals surface area contributed by atoms with Crippen LogP contribution in [0.5, 0.6) is 0 Å². The van der Waals surface area contributed by atoms with Gasteiger partial charge in [-0.3, -0.25) is 9.69 Å². The van der Waals surface area contributed by atoms with Crippen molar-refractivity contribution in [2.24, 2.45) is 5.92 Å². The summed E-state index contributed by atoms with van der Waals surface area (Å²) in [6.07, 6.45) is 0.602. The van der Waals surface area contributed by atoms with E-state index in [0.29, 0.717) is 25.0 Å². The number of hydrogen-bond acceptors (Lipinski definition) is 5. The molecular formula is C24H38N4O3. The molecule has 2 heterocycles. The first kappa shape index (κ1) is 23.4. The Morgan fingerprint density at radius 3 is 2.52 bits per heavy atom. The zero-order valence-corrected chi connectivity index (χ0v) is 19.7. The van der Waals surface area contributed by atoms with Crippen molar-refractivity contribution in [3.05, 3.63) is 29.8 Å². The fraction of sp³-hybridized carbons (Fsp3) is 0.667. The lowest BCUT2D eigenvalue weighted by Gasteiger charge is -2.37. The van der Waals surface area contributed by atoms with E-state index in [4.69, 9.17) is 4.74 Å². The number of likely N-dealkylation sites (tertiary alicyclic amines) is 1. The molecule has 7 heteroatoms. The molecule has 1 aromatic rings. The summed E-state index contributed by atoms with van der Waals surface area (Å²) in [7, 11) is 0. The van der Waals surface area contributed by atoms with Gasteiger partial charge in [-0.05, 0) is 64.7 Å². The average Bonchev–Trinajstić information content (AvgIpc) is 3.04. The van der Waals surface area contributed by atoms with Gasteiger partial charge in [-0.15, -0.1) is 0 Å². The second-order valence-corrected chi connectivity index (χ2v) is 9.97. The molecule has 0 aromatic heterocycles. The van der Waals surface area contributed by atoms with Crippen LogP contribution in [0.1, 0.15) is 39.7 Å². The van der Waals surface area contributed by atoms with Crippen LogP contribution in [0.3, 0.4) is 0 Å². The van der Waals surface area contributed by atoms with Crippen LogP contribution in [0.25, 0.3) is 0 Å². The van der Waals surface area contributed by atoms with E-state index < -0.39 is 5.60 Å². The van der Waals surface area contributed by atoms with Gasteiger partial charge in [0.25, 0.3) is 0 Å². The quantitative estimate of drug-likeness (QED) is 0.778. The number of alkyl carbamates (subject to hydrolysis) is 1. The van der Waals surface area contributed by atoms with Gasteiger partial charge in [0.2, 0.25) is 5.91 Å². The van der Waals surface area contributed by atoms with Gasteiger partial charge in [-0.1, -0.05) is 12.1 Å². The molecule has 1 aromatic carbocycles. The Balaban J connectivity index is 1.42. The van der Waals surface area contributed by atoms with Crippen LogP contribution in [0.4, 0.5) is 10.5 Å². The number of nitrogens with zero attached hydrogens (tertiary/aromatic N) is 3. The Morgan fingerprint density at radius 1 is 1.16 bits per heavy atom. The number of aryl methyl sites for hydroxylation is 1. The summed E-state index contributed by atoms with van der Waals surface area (Å²) < 4.78 is 5.31. The molecule has 0 radical (unpaired) electrons. The first-order chi connectivity index (χ1) is 14.6. The van der Waals surface area contributed by atoms with Gasteiger partial charge in [0, 0.05) is 51.0 Å². The predicted molar refractivity (Wildman–Crippen MR) is 123 cm³/mol. The number of rotatable bonds is 5. The molecule has 0 bridgehead atoms. The number of carbonyl (C=O) groups is 2. The molecule has 0 unspecified atom stereocenters. The van der Waals surface area contributed by atoms with E-state index in [1.807, 2.05) is 25.7 Å². The second-order valence-electron chi connectivity index (χ2n) is 9.97. The van der Waals surface area contributed by atoms with E-state index in [0.717, 1.165) is 39.1 Å². The van der Waals surface area contributed by atoms with Crippen LogP contribution in [-0.2, 0) is 9.53 Å². The maximum atomic E-state index is 12.9. The minimum Gasteiger partial charge on any atom is -0.444 e. The zero-order valence-electron chi connectivity index (χ0n) is 19.7. The molecule has 7 nitrogen and oxygen atoms in total. The number of hydrogen-bond donors (Lipinski definition) is 1. The van der Waals surface area contributed by atoms with Crippen molar-refractivity contribution in [1.29, 1.82) is 0 Å². The highest BCUT2D eigenvalue weighted by molar-refractivity contribution is 5.78. The van der Waals surface area contributed by atoms with E-state index in [1.165, 1.54) is 11.3 Å². The third-order valence-electron chi connectivity index (χ3n) is 6.06. The molecule has 0 aliphatic carbocycles. The number of anilines is 1. The van der Waals surface area contributed by atoms with Gasteiger partial charge < -0.3 is 19.9 Å². The largest absolute Gasteiger partial charge is 0.444 e. The summed E-state index contributed by atoms with van der Waals surface area (Å²) in [6, 6.07) is 8.88. The molecule has 2 fully saturated rings. The van der Waals surface area contributed by atoms with Gasteiger partial charge in [0.05, 0.1) is 6.54 Å². The Labute approximate surface area is 186 Å². The molecule has 0 spiro atoms. The molecule has 0 saturated carbocycles. The second kappa shape index (κ2) is 9.90. The van der Waals surface area contributed by atoms with E-state index in [-0.39, 0.29) is 12.0 Å². The van der Waals surface area contributed by atoms with Gasteiger partial charge in [-0.2, -0.15) is 0 Å². The topological polar surface area (TPSA) is 65.1 Å². The molecular weight excluding hydrogens is 392 g/mol. The maximum Gasteiger partial charge on any atom is 0.407 e. The van der Waals surface area contributed by atoms with E-state index >= 15 is 0 Å². The molecule has 2 amide bonds. The van der Waals surface area contributed by atoms with E-state index in [9.17, 15) is 9.59 Å². The minimum absolute atomic E-state index is 0.205. The normalized spacial score (nSPS) is 22.5. The van der Waals surface area contributed by atoms with Crippen LogP contribution >= 0.6 is 0 Å². The van der Waals surface area contributed by atoms with Crippen molar-refractivity contribution < 1.29 is 14.3 Å². The predicted octanol–water partition coefficient (Wildman–Crippen LogP) is 2.88. The summed E-state index contributed by atoms with van der Waals surface area (Å²) in [5, 5.41) is 2.87. The summed E-state index contributed by atoms with van der Waals surface area (Å²) in [5.74, 6) is 0.546. The third kappa shape index (κ3) is 6.86. The van der Waals surface area contributed by atoms with E-state index in [2.05, 4.69) is 53.2 Å². The SMILES string of the molecule is Cc1cccc(N2CCN(C(=O)CN3C[C@H](CNC(=O)OC(C)(C)C)C[C@@H]3C)CC2)c1. The number of benzene rings is 1. The first-order valence-corrected chi connectivity index (χ1v) is 11.4. The first-order valence-electron chi connectivity index (χ1n) is 11.4. The lowest BCUT2D eigenvalue weighted by molar-refractivity contribution is -0.132. The summed E-state index contributed by atoms with van der Waals surface area (Å²) >= 11 is 0. The number of carbonyl (C=O) groups excluding carboxylic acids is 2. The summed E-state index contributed by atoms with van der Waals surface area (Å²) in [5.41, 5.74) is 2.00. The highest BCUT2D eigenvalue weighted by Gasteiger charge is 2.32. The van der Waals surface area contributed by atoms with Crippen molar-refractivity contribution in [3.8, 4) is 0 Å². The Hall–Kier alpha value is -2.28. The molecule has 172 valence electrons. The highest BCUT2D eigenvalue weighted by Crippen LogP contribution is 2.23. The van der Waals surface area contributed by atoms with Gasteiger partial charge >= 0.3 is 6.09 Å². The van der Waals surface area contributed by atoms with Gasteiger partial charge in [0.1, 0.15) is 5.60 Å². The molecule has 31 heavy (non-hydrogen) atoms. The Kier molecular flexibility index (Phi) is 7.46. The monoisotopic (exact) mass is 430 g/mol.